The molecular weight excluding hydrogens is 264 g/mol. The fourth-order valence-corrected chi connectivity index (χ4v) is 2.08. The van der Waals surface area contributed by atoms with Crippen LogP contribution in [0, 0.1) is 5.92 Å². The highest BCUT2D eigenvalue weighted by atomic mass is 35.5. The number of nitrogens with zero attached hydrogens (tertiary/aromatic N) is 1. The quantitative estimate of drug-likeness (QED) is 0.778. The third kappa shape index (κ3) is 6.34. The lowest BCUT2D eigenvalue weighted by Gasteiger charge is -2.24. The molecule has 1 aromatic carbocycles. The van der Waals surface area contributed by atoms with Crippen molar-refractivity contribution in [1.29, 1.82) is 0 Å². The molecule has 0 fully saturated rings. The lowest BCUT2D eigenvalue weighted by Crippen LogP contribution is -2.30. The van der Waals surface area contributed by atoms with E-state index in [4.69, 9.17) is 29.6 Å². The molecule has 1 aromatic rings. The van der Waals surface area contributed by atoms with Gasteiger partial charge >= 0.3 is 0 Å². The normalized spacial score (nSPS) is 11.2. The molecule has 2 N–H and O–H groups in total. The Kier molecular flexibility index (Phi) is 6.61. The summed E-state index contributed by atoms with van der Waals surface area (Å²) in [6, 6.07) is 7.99. The summed E-state index contributed by atoms with van der Waals surface area (Å²) in [4.78, 5) is 2.97. The van der Waals surface area contributed by atoms with Gasteiger partial charge in [0, 0.05) is 31.1 Å². The van der Waals surface area contributed by atoms with Gasteiger partial charge in [-0.05, 0) is 23.6 Å². The van der Waals surface area contributed by atoms with Gasteiger partial charge in [0.05, 0.1) is 4.99 Å². The molecule has 0 aliphatic carbocycles. The highest BCUT2D eigenvalue weighted by molar-refractivity contribution is 7.80. The standard InChI is InChI=1S/C14H21ClN2S/c1-11(2)9-17(8-7-14(16)18)10-12-3-5-13(15)6-4-12/h3-6,11H,7-10H2,1-2H3,(H2,16,18). The Labute approximate surface area is 120 Å². The molecule has 0 heterocycles. The molecule has 0 radical (unpaired) electrons. The molecule has 0 atom stereocenters. The lowest BCUT2D eigenvalue weighted by atomic mass is 10.1. The molecular formula is C14H21ClN2S. The topological polar surface area (TPSA) is 29.3 Å². The first-order valence-electron chi connectivity index (χ1n) is 6.22. The van der Waals surface area contributed by atoms with E-state index < -0.39 is 0 Å². The van der Waals surface area contributed by atoms with Gasteiger partial charge in [-0.25, -0.2) is 0 Å². The Hall–Kier alpha value is -0.640. The van der Waals surface area contributed by atoms with Gasteiger partial charge in [-0.1, -0.05) is 49.8 Å². The molecule has 0 aliphatic heterocycles. The number of thiocarbonyl (C=S) groups is 1. The molecule has 0 amide bonds. The summed E-state index contributed by atoms with van der Waals surface area (Å²) in [5, 5.41) is 0.775. The molecule has 18 heavy (non-hydrogen) atoms. The minimum atomic E-state index is 0.583. The molecule has 0 aliphatic rings. The zero-order valence-corrected chi connectivity index (χ0v) is 12.6. The maximum Gasteiger partial charge on any atom is 0.0740 e. The van der Waals surface area contributed by atoms with Crippen LogP contribution in [0.3, 0.4) is 0 Å². The van der Waals surface area contributed by atoms with Gasteiger partial charge in [0.15, 0.2) is 0 Å². The van der Waals surface area contributed by atoms with E-state index in [1.54, 1.807) is 0 Å². The van der Waals surface area contributed by atoms with Crippen LogP contribution in [0.4, 0.5) is 0 Å². The highest BCUT2D eigenvalue weighted by Gasteiger charge is 2.08. The van der Waals surface area contributed by atoms with Crippen molar-refractivity contribution < 1.29 is 0 Å². The first-order chi connectivity index (χ1) is 8.47. The van der Waals surface area contributed by atoms with Crippen molar-refractivity contribution in [3.63, 3.8) is 0 Å². The van der Waals surface area contributed by atoms with Crippen LogP contribution < -0.4 is 5.73 Å². The summed E-state index contributed by atoms with van der Waals surface area (Å²) in [7, 11) is 0. The number of hydrogen-bond donors (Lipinski definition) is 1. The zero-order chi connectivity index (χ0) is 13.5. The third-order valence-corrected chi connectivity index (χ3v) is 3.07. The Balaban J connectivity index is 2.59. The second-order valence-corrected chi connectivity index (χ2v) is 5.93. The lowest BCUT2D eigenvalue weighted by molar-refractivity contribution is 0.243. The summed E-state index contributed by atoms with van der Waals surface area (Å²) in [5.41, 5.74) is 6.84. The second kappa shape index (κ2) is 7.72. The van der Waals surface area contributed by atoms with Gasteiger partial charge in [0.2, 0.25) is 0 Å². The first-order valence-corrected chi connectivity index (χ1v) is 7.01. The molecule has 1 rings (SSSR count). The van der Waals surface area contributed by atoms with E-state index >= 15 is 0 Å². The van der Waals surface area contributed by atoms with Gasteiger partial charge in [-0.2, -0.15) is 0 Å². The Morgan fingerprint density at radius 3 is 2.44 bits per heavy atom. The second-order valence-electron chi connectivity index (χ2n) is 4.97. The van der Waals surface area contributed by atoms with Crippen molar-refractivity contribution in [2.45, 2.75) is 26.8 Å². The van der Waals surface area contributed by atoms with Crippen molar-refractivity contribution >= 4 is 28.8 Å². The van der Waals surface area contributed by atoms with E-state index in [9.17, 15) is 0 Å². The Morgan fingerprint density at radius 2 is 1.94 bits per heavy atom. The van der Waals surface area contributed by atoms with Crippen LogP contribution in [0.15, 0.2) is 24.3 Å². The average molecular weight is 285 g/mol. The van der Waals surface area contributed by atoms with Crippen molar-refractivity contribution in [1.82, 2.24) is 4.90 Å². The van der Waals surface area contributed by atoms with Gasteiger partial charge in [0.1, 0.15) is 0 Å². The van der Waals surface area contributed by atoms with Gasteiger partial charge in [-0.15, -0.1) is 0 Å². The number of nitrogens with two attached hydrogens (primary N) is 1. The number of halogens is 1. The van der Waals surface area contributed by atoms with Gasteiger partial charge < -0.3 is 5.73 Å². The monoisotopic (exact) mass is 284 g/mol. The van der Waals surface area contributed by atoms with E-state index in [1.807, 2.05) is 12.1 Å². The summed E-state index contributed by atoms with van der Waals surface area (Å²) in [6.07, 6.45) is 0.773. The van der Waals surface area contributed by atoms with Crippen LogP contribution >= 0.6 is 23.8 Å². The van der Waals surface area contributed by atoms with E-state index in [2.05, 4.69) is 30.9 Å². The summed E-state index contributed by atoms with van der Waals surface area (Å²) in [5.74, 6) is 0.628. The number of benzene rings is 1. The van der Waals surface area contributed by atoms with Crippen LogP contribution in [0.5, 0.6) is 0 Å². The van der Waals surface area contributed by atoms with Crippen LogP contribution in [0.25, 0.3) is 0 Å². The van der Waals surface area contributed by atoms with E-state index in [1.165, 1.54) is 5.56 Å². The van der Waals surface area contributed by atoms with Crippen molar-refractivity contribution in [3.8, 4) is 0 Å². The largest absolute Gasteiger partial charge is 0.393 e. The van der Waals surface area contributed by atoms with Crippen LogP contribution in [0.2, 0.25) is 5.02 Å². The summed E-state index contributed by atoms with van der Waals surface area (Å²) < 4.78 is 0. The molecule has 100 valence electrons. The molecule has 2 nitrogen and oxygen atoms in total. The average Bonchev–Trinajstić information content (AvgIpc) is 2.28. The van der Waals surface area contributed by atoms with Gasteiger partial charge in [-0.3, -0.25) is 4.90 Å². The Bertz CT molecular complexity index is 376. The molecule has 0 bridgehead atoms. The minimum absolute atomic E-state index is 0.583. The maximum absolute atomic E-state index is 5.89. The van der Waals surface area contributed by atoms with Crippen molar-refractivity contribution in [3.05, 3.63) is 34.9 Å². The first kappa shape index (κ1) is 15.4. The van der Waals surface area contributed by atoms with Crippen LogP contribution in [-0.2, 0) is 6.54 Å². The third-order valence-electron chi connectivity index (χ3n) is 2.62. The van der Waals surface area contributed by atoms with Crippen molar-refractivity contribution in [2.75, 3.05) is 13.1 Å². The van der Waals surface area contributed by atoms with Crippen LogP contribution in [0.1, 0.15) is 25.8 Å². The smallest absolute Gasteiger partial charge is 0.0740 e. The number of rotatable bonds is 7. The fourth-order valence-electron chi connectivity index (χ4n) is 1.87. The molecule has 0 spiro atoms. The minimum Gasteiger partial charge on any atom is -0.393 e. The summed E-state index contributed by atoms with van der Waals surface area (Å²) in [6.45, 7) is 7.31. The van der Waals surface area contributed by atoms with Crippen molar-refractivity contribution in [2.24, 2.45) is 11.7 Å². The predicted octanol–water partition coefficient (Wildman–Crippen LogP) is 3.47. The molecule has 0 saturated carbocycles. The molecule has 0 aromatic heterocycles. The SMILES string of the molecule is CC(C)CN(CCC(N)=S)Cc1ccc(Cl)cc1. The predicted molar refractivity (Wildman–Crippen MR) is 83.0 cm³/mol. The zero-order valence-electron chi connectivity index (χ0n) is 11.0. The fraction of sp³-hybridized carbons (Fsp3) is 0.500. The molecule has 0 saturated heterocycles. The van der Waals surface area contributed by atoms with Gasteiger partial charge in [0.25, 0.3) is 0 Å². The summed E-state index contributed by atoms with van der Waals surface area (Å²) >= 11 is 10.8. The number of hydrogen-bond acceptors (Lipinski definition) is 2. The maximum atomic E-state index is 5.89. The van der Waals surface area contributed by atoms with E-state index in [-0.39, 0.29) is 0 Å². The van der Waals surface area contributed by atoms with Crippen LogP contribution in [-0.4, -0.2) is 23.0 Å². The Morgan fingerprint density at radius 1 is 1.33 bits per heavy atom. The highest BCUT2D eigenvalue weighted by Crippen LogP contribution is 2.12. The molecule has 4 heteroatoms. The van der Waals surface area contributed by atoms with E-state index in [0.29, 0.717) is 10.9 Å². The molecule has 0 unspecified atom stereocenters. The van der Waals surface area contributed by atoms with E-state index in [0.717, 1.165) is 31.1 Å².